The van der Waals surface area contributed by atoms with Crippen molar-refractivity contribution in [2.24, 2.45) is 0 Å². The predicted molar refractivity (Wildman–Crippen MR) is 109 cm³/mol. The van der Waals surface area contributed by atoms with Crippen LogP contribution in [0.2, 0.25) is 0 Å². The molecule has 27 heavy (non-hydrogen) atoms. The van der Waals surface area contributed by atoms with E-state index in [-0.39, 0.29) is 16.6 Å². The van der Waals surface area contributed by atoms with Crippen LogP contribution in [0.25, 0.3) is 0 Å². The smallest absolute Gasteiger partial charge is 0.137 e. The Hall–Kier alpha value is -2.44. The van der Waals surface area contributed by atoms with Crippen LogP contribution < -0.4 is 0 Å². The van der Waals surface area contributed by atoms with Gasteiger partial charge in [0.25, 0.3) is 0 Å². The second-order valence-electron chi connectivity index (χ2n) is 9.27. The minimum atomic E-state index is 0.0660. The first kappa shape index (κ1) is 22.6. The summed E-state index contributed by atoms with van der Waals surface area (Å²) in [5, 5.41) is 8.10. The van der Waals surface area contributed by atoms with Gasteiger partial charge in [-0.05, 0) is 68.4 Å². The molecule has 150 valence electrons. The number of rotatable bonds is 0. The van der Waals surface area contributed by atoms with E-state index in [9.17, 15) is 0 Å². The van der Waals surface area contributed by atoms with E-state index in [1.165, 1.54) is 0 Å². The maximum absolute atomic E-state index is 4.10. The molecule has 0 spiro atoms. The van der Waals surface area contributed by atoms with Crippen molar-refractivity contribution in [1.29, 1.82) is 0 Å². The minimum Gasteiger partial charge on any atom is -0.332 e. The molecule has 7 heteroatoms. The Bertz CT molecular complexity index is 615. The third-order valence-corrected chi connectivity index (χ3v) is 3.58. The summed E-state index contributed by atoms with van der Waals surface area (Å²) in [6.07, 6.45) is 12.6. The van der Waals surface area contributed by atoms with Crippen LogP contribution in [0.15, 0.2) is 49.8 Å². The predicted octanol–water partition coefficient (Wildman–Crippen LogP) is 4.31. The molecule has 3 aromatic heterocycles. The van der Waals surface area contributed by atoms with Crippen LogP contribution in [-0.2, 0) is 16.6 Å². The van der Waals surface area contributed by atoms with Gasteiger partial charge in [0.1, 0.15) is 12.7 Å². The number of imidazole rings is 1. The highest BCUT2D eigenvalue weighted by Crippen LogP contribution is 2.11. The molecule has 0 N–H and O–H groups in total. The molecule has 0 aliphatic rings. The van der Waals surface area contributed by atoms with Crippen molar-refractivity contribution in [3.05, 3.63) is 49.8 Å². The molecular formula is C20H35N7. The molecule has 7 nitrogen and oxygen atoms in total. The molecule has 0 aliphatic carbocycles. The van der Waals surface area contributed by atoms with Gasteiger partial charge in [-0.2, -0.15) is 10.2 Å². The van der Waals surface area contributed by atoms with Crippen LogP contribution in [-0.4, -0.2) is 34.1 Å². The highest BCUT2D eigenvalue weighted by Gasteiger charge is 2.12. The van der Waals surface area contributed by atoms with Gasteiger partial charge in [0.2, 0.25) is 0 Å². The van der Waals surface area contributed by atoms with Gasteiger partial charge in [-0.1, -0.05) is 0 Å². The second kappa shape index (κ2) is 8.97. The SMILES string of the molecule is CC(C)(C)n1cccn1.CC(C)(C)n1ccnc1.CC(C)(C)n1cncn1. The molecule has 0 aromatic carbocycles. The van der Waals surface area contributed by atoms with Gasteiger partial charge in [0, 0.05) is 30.3 Å². The van der Waals surface area contributed by atoms with Crippen LogP contribution in [0.1, 0.15) is 62.3 Å². The summed E-state index contributed by atoms with van der Waals surface area (Å²) in [7, 11) is 0. The third-order valence-electron chi connectivity index (χ3n) is 3.58. The van der Waals surface area contributed by atoms with Crippen LogP contribution in [0.3, 0.4) is 0 Å². The lowest BCUT2D eigenvalue weighted by molar-refractivity contribution is 0.354. The Labute approximate surface area is 163 Å². The van der Waals surface area contributed by atoms with Gasteiger partial charge in [-0.15, -0.1) is 0 Å². The fourth-order valence-electron chi connectivity index (χ4n) is 1.88. The Kier molecular flexibility index (Phi) is 7.51. The Morgan fingerprint density at radius 1 is 0.593 bits per heavy atom. The molecule has 0 radical (unpaired) electrons. The van der Waals surface area contributed by atoms with Crippen LogP contribution in [0, 0.1) is 0 Å². The number of hydrogen-bond acceptors (Lipinski definition) is 4. The molecule has 0 saturated carbocycles. The number of hydrogen-bond donors (Lipinski definition) is 0. The van der Waals surface area contributed by atoms with Gasteiger partial charge in [-0.3, -0.25) is 4.68 Å². The Balaban J connectivity index is 0.000000202. The Morgan fingerprint density at radius 2 is 1.22 bits per heavy atom. The summed E-state index contributed by atoms with van der Waals surface area (Å²) in [5.74, 6) is 0. The van der Waals surface area contributed by atoms with E-state index in [4.69, 9.17) is 0 Å². The molecule has 0 atom stereocenters. The van der Waals surface area contributed by atoms with Gasteiger partial charge >= 0.3 is 0 Å². The van der Waals surface area contributed by atoms with Crippen molar-refractivity contribution >= 4 is 0 Å². The topological polar surface area (TPSA) is 66.3 Å². The summed E-state index contributed by atoms with van der Waals surface area (Å²) >= 11 is 0. The summed E-state index contributed by atoms with van der Waals surface area (Å²) in [4.78, 5) is 7.79. The summed E-state index contributed by atoms with van der Waals surface area (Å²) in [6.45, 7) is 19.1. The van der Waals surface area contributed by atoms with Crippen molar-refractivity contribution in [3.8, 4) is 0 Å². The Morgan fingerprint density at radius 3 is 1.44 bits per heavy atom. The first-order chi connectivity index (χ1) is 12.3. The maximum Gasteiger partial charge on any atom is 0.137 e. The van der Waals surface area contributed by atoms with E-state index in [1.807, 2.05) is 34.2 Å². The maximum atomic E-state index is 4.10. The normalized spacial score (nSPS) is 11.9. The lowest BCUT2D eigenvalue weighted by Crippen LogP contribution is -2.21. The number of aromatic nitrogens is 7. The molecular weight excluding hydrogens is 338 g/mol. The van der Waals surface area contributed by atoms with E-state index in [1.54, 1.807) is 25.0 Å². The van der Waals surface area contributed by atoms with Crippen molar-refractivity contribution in [1.82, 2.24) is 34.1 Å². The molecule has 0 saturated heterocycles. The standard InChI is InChI=1S/2C7H12N2.C6H11N3/c1-7(2,3)9-5-4-8-6-9;1-7(2,3)9-6-4-5-8-9;1-6(2,3)9-5-7-4-8-9/h2*4-6H,1-3H3;4-5H,1-3H3. The molecule has 3 rings (SSSR count). The van der Waals surface area contributed by atoms with Gasteiger partial charge in [0.15, 0.2) is 0 Å². The zero-order chi connectivity index (χ0) is 20.7. The van der Waals surface area contributed by atoms with E-state index < -0.39 is 0 Å². The fourth-order valence-corrected chi connectivity index (χ4v) is 1.88. The fraction of sp³-hybridized carbons (Fsp3) is 0.600. The minimum absolute atomic E-state index is 0.0660. The van der Waals surface area contributed by atoms with Crippen LogP contribution >= 0.6 is 0 Å². The lowest BCUT2D eigenvalue weighted by Gasteiger charge is -2.19. The molecule has 0 fully saturated rings. The molecule has 0 bridgehead atoms. The summed E-state index contributed by atoms with van der Waals surface area (Å²) in [6, 6.07) is 1.94. The average molecular weight is 374 g/mol. The summed E-state index contributed by atoms with van der Waals surface area (Å²) in [5.41, 5.74) is 0.372. The van der Waals surface area contributed by atoms with Crippen molar-refractivity contribution in [2.75, 3.05) is 0 Å². The number of nitrogens with zero attached hydrogens (tertiary/aromatic N) is 7. The largest absolute Gasteiger partial charge is 0.332 e. The van der Waals surface area contributed by atoms with Crippen molar-refractivity contribution in [3.63, 3.8) is 0 Å². The van der Waals surface area contributed by atoms with Gasteiger partial charge < -0.3 is 4.57 Å². The van der Waals surface area contributed by atoms with E-state index in [0.717, 1.165) is 0 Å². The molecule has 0 aliphatic heterocycles. The quantitative estimate of drug-likeness (QED) is 0.589. The first-order valence-corrected chi connectivity index (χ1v) is 9.15. The average Bonchev–Trinajstić information content (AvgIpc) is 3.28. The zero-order valence-corrected chi connectivity index (χ0v) is 18.2. The lowest BCUT2D eigenvalue weighted by atomic mass is 10.1. The molecule has 3 aromatic rings. The molecule has 3 heterocycles. The van der Waals surface area contributed by atoms with E-state index in [0.29, 0.717) is 0 Å². The van der Waals surface area contributed by atoms with Crippen LogP contribution in [0.4, 0.5) is 0 Å². The van der Waals surface area contributed by atoms with E-state index in [2.05, 4.69) is 87.0 Å². The van der Waals surface area contributed by atoms with Crippen LogP contribution in [0.5, 0.6) is 0 Å². The zero-order valence-electron chi connectivity index (χ0n) is 18.2. The third kappa shape index (κ3) is 8.19. The van der Waals surface area contributed by atoms with E-state index >= 15 is 0 Å². The molecule has 0 amide bonds. The van der Waals surface area contributed by atoms with Crippen molar-refractivity contribution < 1.29 is 0 Å². The monoisotopic (exact) mass is 373 g/mol. The second-order valence-corrected chi connectivity index (χ2v) is 9.27. The molecule has 0 unspecified atom stereocenters. The highest BCUT2D eigenvalue weighted by atomic mass is 15.3. The summed E-state index contributed by atoms with van der Waals surface area (Å²) < 4.78 is 5.84. The van der Waals surface area contributed by atoms with Gasteiger partial charge in [0.05, 0.1) is 17.4 Å². The first-order valence-electron chi connectivity index (χ1n) is 9.15. The van der Waals surface area contributed by atoms with Crippen molar-refractivity contribution in [2.45, 2.75) is 78.9 Å². The van der Waals surface area contributed by atoms with Gasteiger partial charge in [-0.25, -0.2) is 14.6 Å². The highest BCUT2D eigenvalue weighted by molar-refractivity contribution is 4.84.